The van der Waals surface area contributed by atoms with E-state index in [1.54, 1.807) is 12.1 Å². The second-order valence-corrected chi connectivity index (χ2v) is 5.14. The van der Waals surface area contributed by atoms with Gasteiger partial charge in [0, 0.05) is 5.56 Å². The van der Waals surface area contributed by atoms with Crippen LogP contribution in [0.1, 0.15) is 27.0 Å². The number of methoxy groups -OCH3 is 2. The zero-order valence-corrected chi connectivity index (χ0v) is 13.2. The Morgan fingerprint density at radius 2 is 1.62 bits per heavy atom. The van der Waals surface area contributed by atoms with E-state index in [9.17, 15) is 4.79 Å². The highest BCUT2D eigenvalue weighted by molar-refractivity contribution is 6.34. The lowest BCUT2D eigenvalue weighted by atomic mass is 9.94. The highest BCUT2D eigenvalue weighted by Gasteiger charge is 2.22. The van der Waals surface area contributed by atoms with Crippen LogP contribution in [0.4, 0.5) is 0 Å². The number of hydrogen-bond acceptors (Lipinski definition) is 3. The van der Waals surface area contributed by atoms with Crippen molar-refractivity contribution in [1.29, 1.82) is 0 Å². The average Bonchev–Trinajstić information content (AvgIpc) is 2.46. The van der Waals surface area contributed by atoms with E-state index in [0.717, 1.165) is 11.1 Å². The molecule has 0 atom stereocenters. The van der Waals surface area contributed by atoms with Crippen LogP contribution in [-0.4, -0.2) is 20.0 Å². The van der Waals surface area contributed by atoms with Crippen molar-refractivity contribution >= 4 is 17.4 Å². The summed E-state index contributed by atoms with van der Waals surface area (Å²) in [6.45, 7) is 3.83. The van der Waals surface area contributed by atoms with E-state index in [1.165, 1.54) is 14.2 Å². The Bertz CT molecular complexity index is 672. The summed E-state index contributed by atoms with van der Waals surface area (Å²) in [6, 6.07) is 9.11. The molecule has 0 bridgehead atoms. The number of benzene rings is 2. The van der Waals surface area contributed by atoms with Crippen molar-refractivity contribution in [2.45, 2.75) is 13.8 Å². The van der Waals surface area contributed by atoms with Crippen molar-refractivity contribution < 1.29 is 14.3 Å². The van der Waals surface area contributed by atoms with Gasteiger partial charge in [0.15, 0.2) is 11.5 Å². The van der Waals surface area contributed by atoms with Crippen molar-refractivity contribution in [3.05, 3.63) is 57.6 Å². The average molecular weight is 305 g/mol. The van der Waals surface area contributed by atoms with E-state index in [1.807, 2.05) is 32.0 Å². The van der Waals surface area contributed by atoms with Crippen LogP contribution in [0.5, 0.6) is 11.5 Å². The van der Waals surface area contributed by atoms with Crippen molar-refractivity contribution in [2.75, 3.05) is 14.2 Å². The van der Waals surface area contributed by atoms with Gasteiger partial charge in [0.05, 0.1) is 19.8 Å². The number of ketones is 1. The van der Waals surface area contributed by atoms with E-state index in [4.69, 9.17) is 21.1 Å². The molecule has 0 aromatic heterocycles. The lowest BCUT2D eigenvalue weighted by Crippen LogP contribution is -2.08. The maximum absolute atomic E-state index is 12.8. The van der Waals surface area contributed by atoms with Gasteiger partial charge >= 0.3 is 0 Å². The van der Waals surface area contributed by atoms with E-state index in [2.05, 4.69) is 0 Å². The predicted octanol–water partition coefficient (Wildman–Crippen LogP) is 4.21. The molecule has 4 heteroatoms. The Labute approximate surface area is 129 Å². The molecule has 0 saturated heterocycles. The normalized spacial score (nSPS) is 10.3. The first-order valence-corrected chi connectivity index (χ1v) is 6.90. The molecule has 0 heterocycles. The molecule has 0 aliphatic heterocycles. The molecule has 0 N–H and O–H groups in total. The van der Waals surface area contributed by atoms with Crippen molar-refractivity contribution in [2.24, 2.45) is 0 Å². The van der Waals surface area contributed by atoms with Crippen LogP contribution < -0.4 is 9.47 Å². The molecular formula is C17H17ClO3. The van der Waals surface area contributed by atoms with Gasteiger partial charge < -0.3 is 9.47 Å². The molecule has 2 aromatic carbocycles. The molecule has 2 rings (SSSR count). The molecule has 0 saturated carbocycles. The van der Waals surface area contributed by atoms with Crippen LogP contribution in [0.2, 0.25) is 5.02 Å². The van der Waals surface area contributed by atoms with Crippen molar-refractivity contribution in [3.63, 3.8) is 0 Å². The van der Waals surface area contributed by atoms with Gasteiger partial charge in [-0.3, -0.25) is 4.79 Å². The molecular weight excluding hydrogens is 288 g/mol. The van der Waals surface area contributed by atoms with Gasteiger partial charge in [-0.1, -0.05) is 29.8 Å². The van der Waals surface area contributed by atoms with E-state index < -0.39 is 0 Å². The summed E-state index contributed by atoms with van der Waals surface area (Å²) in [4.78, 5) is 12.8. The summed E-state index contributed by atoms with van der Waals surface area (Å²) in [5, 5.41) is 0.303. The zero-order valence-electron chi connectivity index (χ0n) is 12.5. The highest BCUT2D eigenvalue weighted by Crippen LogP contribution is 2.38. The molecule has 110 valence electrons. The number of ether oxygens (including phenoxy) is 2. The fraction of sp³-hybridized carbons (Fsp3) is 0.235. The van der Waals surface area contributed by atoms with E-state index >= 15 is 0 Å². The number of aryl methyl sites for hydroxylation is 2. The minimum Gasteiger partial charge on any atom is -0.495 e. The van der Waals surface area contributed by atoms with Gasteiger partial charge in [-0.05, 0) is 37.1 Å². The molecule has 0 amide bonds. The van der Waals surface area contributed by atoms with Crippen LogP contribution in [0.15, 0.2) is 30.3 Å². The molecule has 3 nitrogen and oxygen atoms in total. The molecule has 0 spiro atoms. The third kappa shape index (κ3) is 2.74. The summed E-state index contributed by atoms with van der Waals surface area (Å²) in [7, 11) is 3.01. The third-order valence-corrected chi connectivity index (χ3v) is 3.80. The Morgan fingerprint density at radius 1 is 1.00 bits per heavy atom. The minimum atomic E-state index is -0.105. The van der Waals surface area contributed by atoms with Gasteiger partial charge in [-0.25, -0.2) is 0 Å². The number of carbonyl (C=O) groups excluding carboxylic acids is 1. The topological polar surface area (TPSA) is 35.5 Å². The summed E-state index contributed by atoms with van der Waals surface area (Å²) in [5.41, 5.74) is 2.96. The largest absolute Gasteiger partial charge is 0.495 e. The highest BCUT2D eigenvalue weighted by atomic mass is 35.5. The van der Waals surface area contributed by atoms with Crippen molar-refractivity contribution in [3.8, 4) is 11.5 Å². The molecule has 0 aliphatic rings. The second kappa shape index (κ2) is 6.19. The fourth-order valence-electron chi connectivity index (χ4n) is 2.38. The maximum atomic E-state index is 12.8. The maximum Gasteiger partial charge on any atom is 0.197 e. The fourth-order valence-corrected chi connectivity index (χ4v) is 2.70. The van der Waals surface area contributed by atoms with Crippen LogP contribution in [0, 0.1) is 13.8 Å². The summed E-state index contributed by atoms with van der Waals surface area (Å²) in [5.74, 6) is 0.710. The molecule has 0 unspecified atom stereocenters. The van der Waals surface area contributed by atoms with Gasteiger partial charge in [0.1, 0.15) is 10.8 Å². The SMILES string of the molecule is COc1ccc(C(=O)c2c(C)cccc2C)c(OC)c1Cl. The Morgan fingerprint density at radius 3 is 2.14 bits per heavy atom. The van der Waals surface area contributed by atoms with Crippen LogP contribution >= 0.6 is 11.6 Å². The Hall–Kier alpha value is -2.00. The number of rotatable bonds is 4. The summed E-state index contributed by atoms with van der Waals surface area (Å²) in [6.07, 6.45) is 0. The van der Waals surface area contributed by atoms with Gasteiger partial charge in [-0.2, -0.15) is 0 Å². The molecule has 0 radical (unpaired) electrons. The first-order valence-electron chi connectivity index (χ1n) is 6.52. The number of hydrogen-bond donors (Lipinski definition) is 0. The number of carbonyl (C=O) groups is 1. The molecule has 0 aliphatic carbocycles. The smallest absolute Gasteiger partial charge is 0.197 e. The van der Waals surface area contributed by atoms with Gasteiger partial charge in [-0.15, -0.1) is 0 Å². The number of halogens is 1. The molecule has 2 aromatic rings. The zero-order chi connectivity index (χ0) is 15.6. The molecule has 0 fully saturated rings. The summed E-state index contributed by atoms with van der Waals surface area (Å²) >= 11 is 6.22. The van der Waals surface area contributed by atoms with Gasteiger partial charge in [0.25, 0.3) is 0 Å². The predicted molar refractivity (Wildman–Crippen MR) is 83.9 cm³/mol. The van der Waals surface area contributed by atoms with Gasteiger partial charge in [0.2, 0.25) is 0 Å². The van der Waals surface area contributed by atoms with Crippen molar-refractivity contribution in [1.82, 2.24) is 0 Å². The first-order chi connectivity index (χ1) is 10.0. The standard InChI is InChI=1S/C17H17ClO3/c1-10-6-5-7-11(2)14(10)16(19)12-8-9-13(20-3)15(18)17(12)21-4/h5-9H,1-4H3. The monoisotopic (exact) mass is 304 g/mol. The lowest BCUT2D eigenvalue weighted by Gasteiger charge is -2.14. The third-order valence-electron chi connectivity index (χ3n) is 3.44. The molecule has 21 heavy (non-hydrogen) atoms. The minimum absolute atomic E-state index is 0.105. The van der Waals surface area contributed by atoms with E-state index in [0.29, 0.717) is 27.6 Å². The van der Waals surface area contributed by atoms with E-state index in [-0.39, 0.29) is 5.78 Å². The summed E-state index contributed by atoms with van der Waals surface area (Å²) < 4.78 is 10.5. The Kier molecular flexibility index (Phi) is 4.53. The quantitative estimate of drug-likeness (QED) is 0.794. The Balaban J connectivity index is 2.62. The second-order valence-electron chi connectivity index (χ2n) is 4.76. The first kappa shape index (κ1) is 15.4. The van der Waals surface area contributed by atoms with Crippen LogP contribution in [0.3, 0.4) is 0 Å². The van der Waals surface area contributed by atoms with Crippen LogP contribution in [0.25, 0.3) is 0 Å². The lowest BCUT2D eigenvalue weighted by molar-refractivity contribution is 0.103. The van der Waals surface area contributed by atoms with Crippen LogP contribution in [-0.2, 0) is 0 Å².